The van der Waals surface area contributed by atoms with E-state index in [4.69, 9.17) is 0 Å². The number of nitro benzene ring substituents is 1. The summed E-state index contributed by atoms with van der Waals surface area (Å²) in [6, 6.07) is 32.7. The Labute approximate surface area is 346 Å². The SMILES string of the molecule is CN(C)CC[C@H](CSc1ccccc1)Nc1ccc(S(=O)(=O)NC(=O)c2ccc(N3CCN(Cc4cc(C(F)(F)F)ccc4-c4ccccc4)CC3)cc2)cc1[N+](=O)[O-]. The summed E-state index contributed by atoms with van der Waals surface area (Å²) in [5.74, 6) is -0.289. The van der Waals surface area contributed by atoms with Crippen molar-refractivity contribution in [1.29, 1.82) is 0 Å². The van der Waals surface area contributed by atoms with E-state index in [0.717, 1.165) is 40.4 Å². The number of rotatable bonds is 16. The number of hydrogen-bond acceptors (Lipinski definition) is 10. The highest BCUT2D eigenvalue weighted by molar-refractivity contribution is 7.99. The number of hydrogen-bond donors (Lipinski definition) is 2. The molecule has 0 unspecified atom stereocenters. The summed E-state index contributed by atoms with van der Waals surface area (Å²) in [5, 5.41) is 15.4. The molecule has 0 bridgehead atoms. The molecule has 0 radical (unpaired) electrons. The van der Waals surface area contributed by atoms with Gasteiger partial charge in [0.1, 0.15) is 5.69 Å². The van der Waals surface area contributed by atoms with Crippen molar-refractivity contribution in [2.75, 3.05) is 62.8 Å². The number of thioether (sulfide) groups is 1. The van der Waals surface area contributed by atoms with Gasteiger partial charge in [-0.2, -0.15) is 13.2 Å². The third kappa shape index (κ3) is 11.6. The summed E-state index contributed by atoms with van der Waals surface area (Å²) < 4.78 is 69.7. The number of alkyl halides is 3. The molecule has 310 valence electrons. The van der Waals surface area contributed by atoms with Crippen molar-refractivity contribution in [1.82, 2.24) is 14.5 Å². The molecule has 5 aromatic carbocycles. The van der Waals surface area contributed by atoms with E-state index in [1.165, 1.54) is 36.4 Å². The molecule has 0 aliphatic carbocycles. The molecule has 5 aromatic rings. The van der Waals surface area contributed by atoms with Gasteiger partial charge in [0.2, 0.25) is 0 Å². The van der Waals surface area contributed by atoms with E-state index in [9.17, 15) is 36.5 Å². The molecular formula is C43H45F3N6O5S2. The second kappa shape index (κ2) is 19.1. The number of sulfonamides is 1. The molecule has 11 nitrogen and oxygen atoms in total. The topological polar surface area (TPSA) is 128 Å². The summed E-state index contributed by atoms with van der Waals surface area (Å²) in [5.41, 5.74) is 2.08. The highest BCUT2D eigenvalue weighted by atomic mass is 32.2. The van der Waals surface area contributed by atoms with Crippen molar-refractivity contribution in [2.24, 2.45) is 0 Å². The van der Waals surface area contributed by atoms with Crippen LogP contribution in [0.15, 0.2) is 131 Å². The number of benzene rings is 5. The summed E-state index contributed by atoms with van der Waals surface area (Å²) in [6.45, 7) is 3.36. The zero-order valence-corrected chi connectivity index (χ0v) is 34.2. The lowest BCUT2D eigenvalue weighted by Crippen LogP contribution is -2.46. The van der Waals surface area contributed by atoms with Crippen molar-refractivity contribution in [3.8, 4) is 11.1 Å². The Balaban J connectivity index is 1.08. The number of carbonyl (C=O) groups excluding carboxylic acids is 1. The summed E-state index contributed by atoms with van der Waals surface area (Å²) in [7, 11) is -0.616. The number of nitrogens with one attached hydrogen (secondary N) is 2. The van der Waals surface area contributed by atoms with Gasteiger partial charge in [-0.25, -0.2) is 13.1 Å². The van der Waals surface area contributed by atoms with Gasteiger partial charge >= 0.3 is 6.18 Å². The quantitative estimate of drug-likeness (QED) is 0.0570. The minimum absolute atomic E-state index is 0.0707. The van der Waals surface area contributed by atoms with Crippen molar-refractivity contribution in [2.45, 2.75) is 35.0 Å². The van der Waals surface area contributed by atoms with Crippen molar-refractivity contribution < 1.29 is 31.3 Å². The van der Waals surface area contributed by atoms with E-state index in [1.807, 2.05) is 84.4 Å². The molecule has 0 saturated carbocycles. The number of piperazine rings is 1. The fourth-order valence-electron chi connectivity index (χ4n) is 6.77. The Kier molecular flexibility index (Phi) is 14.0. The van der Waals surface area contributed by atoms with Gasteiger partial charge < -0.3 is 15.1 Å². The zero-order valence-electron chi connectivity index (χ0n) is 32.6. The molecule has 1 aliphatic rings. The number of nitrogens with zero attached hydrogens (tertiary/aromatic N) is 4. The van der Waals surface area contributed by atoms with Gasteiger partial charge in [-0.15, -0.1) is 11.8 Å². The van der Waals surface area contributed by atoms with Gasteiger partial charge in [-0.05, 0) is 104 Å². The lowest BCUT2D eigenvalue weighted by atomic mass is 9.96. The van der Waals surface area contributed by atoms with Gasteiger partial charge in [-0.1, -0.05) is 54.6 Å². The monoisotopic (exact) mass is 846 g/mol. The highest BCUT2D eigenvalue weighted by Crippen LogP contribution is 2.35. The van der Waals surface area contributed by atoms with Crippen molar-refractivity contribution in [3.05, 3.63) is 148 Å². The first-order valence-corrected chi connectivity index (χ1v) is 21.4. The van der Waals surface area contributed by atoms with Crippen LogP contribution in [-0.4, -0.2) is 87.7 Å². The normalized spacial score (nSPS) is 14.2. The molecule has 2 N–H and O–H groups in total. The van der Waals surface area contributed by atoms with E-state index >= 15 is 0 Å². The predicted molar refractivity (Wildman–Crippen MR) is 226 cm³/mol. The van der Waals surface area contributed by atoms with E-state index < -0.39 is 43.2 Å². The number of amides is 1. The molecule has 0 aromatic heterocycles. The molecule has 1 saturated heterocycles. The standard InChI is InChI=1S/C43H45F3N6O5S2/c1-49(2)22-21-35(30-58-37-11-7-4-8-12-37)47-40-20-18-38(28-41(40)52(54)55)59(56,57)48-42(53)32-13-16-36(17-14-32)51-25-23-50(24-26-51)29-33-27-34(43(44,45)46)15-19-39(33)31-9-5-3-6-10-31/h3-20,27-28,35,47H,21-26,29-30H2,1-2H3,(H,48,53)/t35-/m1/s1. The number of nitro groups is 1. The van der Waals surface area contributed by atoms with E-state index in [-0.39, 0.29) is 17.3 Å². The molecule has 6 rings (SSSR count). The van der Waals surface area contributed by atoms with Crippen LogP contribution in [0.5, 0.6) is 0 Å². The molecule has 1 heterocycles. The third-order valence-corrected chi connectivity index (χ3v) is 12.5. The maximum Gasteiger partial charge on any atom is 0.416 e. The lowest BCUT2D eigenvalue weighted by molar-refractivity contribution is -0.384. The predicted octanol–water partition coefficient (Wildman–Crippen LogP) is 8.25. The Hall–Kier alpha value is -5.42. The second-order valence-corrected chi connectivity index (χ2v) is 17.2. The molecule has 59 heavy (non-hydrogen) atoms. The van der Waals surface area contributed by atoms with Crippen LogP contribution in [0.4, 0.5) is 30.2 Å². The average Bonchev–Trinajstić information content (AvgIpc) is 3.22. The minimum Gasteiger partial charge on any atom is -0.376 e. The Bertz CT molecular complexity index is 2330. The molecule has 1 amide bonds. The van der Waals surface area contributed by atoms with Crippen LogP contribution in [0.1, 0.15) is 27.9 Å². The van der Waals surface area contributed by atoms with E-state index in [1.54, 1.807) is 23.9 Å². The Morgan fingerprint density at radius 1 is 0.881 bits per heavy atom. The van der Waals surface area contributed by atoms with Crippen LogP contribution in [-0.2, 0) is 22.7 Å². The number of halogens is 3. The number of carbonyl (C=O) groups is 1. The van der Waals surface area contributed by atoms with E-state index in [0.29, 0.717) is 50.5 Å². The third-order valence-electron chi connectivity index (χ3n) is 9.96. The highest BCUT2D eigenvalue weighted by Gasteiger charge is 2.32. The first kappa shape index (κ1) is 43.2. The van der Waals surface area contributed by atoms with Crippen LogP contribution in [0, 0.1) is 10.1 Å². The van der Waals surface area contributed by atoms with E-state index in [2.05, 4.69) is 15.1 Å². The maximum absolute atomic E-state index is 13.6. The van der Waals surface area contributed by atoms with Crippen LogP contribution >= 0.6 is 11.8 Å². The summed E-state index contributed by atoms with van der Waals surface area (Å²) in [6.07, 6.45) is -3.79. The smallest absolute Gasteiger partial charge is 0.376 e. The van der Waals surface area contributed by atoms with Crippen LogP contribution in [0.2, 0.25) is 0 Å². The van der Waals surface area contributed by atoms with Crippen LogP contribution in [0.25, 0.3) is 11.1 Å². The molecule has 1 atom stereocenters. The van der Waals surface area contributed by atoms with Gasteiger partial charge in [0.25, 0.3) is 21.6 Å². The van der Waals surface area contributed by atoms with Crippen LogP contribution in [0.3, 0.4) is 0 Å². The number of anilines is 2. The van der Waals surface area contributed by atoms with Gasteiger partial charge in [0, 0.05) is 66.7 Å². The molecule has 1 fully saturated rings. The van der Waals surface area contributed by atoms with Crippen molar-refractivity contribution >= 4 is 44.8 Å². The second-order valence-electron chi connectivity index (χ2n) is 14.5. The van der Waals surface area contributed by atoms with Gasteiger partial charge in [0.15, 0.2) is 0 Å². The Morgan fingerprint density at radius 2 is 1.54 bits per heavy atom. The average molecular weight is 847 g/mol. The first-order chi connectivity index (χ1) is 28.2. The first-order valence-electron chi connectivity index (χ1n) is 18.9. The fraction of sp³-hybridized carbons (Fsp3) is 0.279. The van der Waals surface area contributed by atoms with Gasteiger partial charge in [0.05, 0.1) is 15.4 Å². The van der Waals surface area contributed by atoms with Crippen molar-refractivity contribution in [3.63, 3.8) is 0 Å². The maximum atomic E-state index is 13.6. The minimum atomic E-state index is -4.49. The lowest BCUT2D eigenvalue weighted by Gasteiger charge is -2.36. The van der Waals surface area contributed by atoms with Crippen LogP contribution < -0.4 is 14.9 Å². The molecule has 16 heteroatoms. The Morgan fingerprint density at radius 3 is 2.17 bits per heavy atom. The molecule has 0 spiro atoms. The molecular weight excluding hydrogens is 802 g/mol. The summed E-state index contributed by atoms with van der Waals surface area (Å²) >= 11 is 1.61. The summed E-state index contributed by atoms with van der Waals surface area (Å²) in [4.78, 5) is 31.5. The zero-order chi connectivity index (χ0) is 42.2. The largest absolute Gasteiger partial charge is 0.416 e. The molecule has 1 aliphatic heterocycles. The fourth-order valence-corrected chi connectivity index (χ4v) is 8.75. The van der Waals surface area contributed by atoms with Gasteiger partial charge in [-0.3, -0.25) is 19.8 Å².